The highest BCUT2D eigenvalue weighted by Crippen LogP contribution is 2.32. The number of hydrogen-bond acceptors (Lipinski definition) is 4. The van der Waals surface area contributed by atoms with Crippen molar-refractivity contribution in [1.82, 2.24) is 15.2 Å². The number of aromatic hydroxyl groups is 1. The highest BCUT2D eigenvalue weighted by molar-refractivity contribution is 5.97. The monoisotopic (exact) mass is 331 g/mol. The molecule has 0 saturated carbocycles. The van der Waals surface area contributed by atoms with Gasteiger partial charge in [-0.25, -0.2) is 5.10 Å². The lowest BCUT2D eigenvalue weighted by molar-refractivity contribution is 0.482. The molecule has 0 radical (unpaired) electrons. The van der Waals surface area contributed by atoms with Crippen LogP contribution in [0.5, 0.6) is 5.75 Å². The third kappa shape index (κ3) is 2.40. The minimum absolute atomic E-state index is 0.00676. The molecule has 2 aromatic carbocycles. The van der Waals surface area contributed by atoms with E-state index in [-0.39, 0.29) is 22.2 Å². The maximum atomic E-state index is 12.6. The smallest absolute Gasteiger partial charge is 0.277 e. The van der Waals surface area contributed by atoms with E-state index in [4.69, 9.17) is 0 Å². The fourth-order valence-electron chi connectivity index (χ4n) is 2.88. The molecule has 25 heavy (non-hydrogen) atoms. The van der Waals surface area contributed by atoms with Crippen LogP contribution in [0.1, 0.15) is 0 Å². The zero-order valence-electron chi connectivity index (χ0n) is 13.0. The van der Waals surface area contributed by atoms with Gasteiger partial charge in [-0.3, -0.25) is 9.59 Å². The van der Waals surface area contributed by atoms with Crippen molar-refractivity contribution in [2.45, 2.75) is 0 Å². The van der Waals surface area contributed by atoms with Crippen molar-refractivity contribution < 1.29 is 5.11 Å². The first-order valence-electron chi connectivity index (χ1n) is 7.65. The topological polar surface area (TPSA) is 98.8 Å². The second kappa shape index (κ2) is 5.76. The van der Waals surface area contributed by atoms with Gasteiger partial charge in [0.15, 0.2) is 0 Å². The molecule has 6 nitrogen and oxygen atoms in total. The normalized spacial score (nSPS) is 10.9. The fraction of sp³-hybridized carbons (Fsp3) is 0. The third-order valence-corrected chi connectivity index (χ3v) is 4.03. The van der Waals surface area contributed by atoms with Gasteiger partial charge < -0.3 is 10.1 Å². The number of nitrogens with one attached hydrogen (secondary N) is 2. The molecular weight excluding hydrogens is 318 g/mol. The van der Waals surface area contributed by atoms with E-state index in [1.54, 1.807) is 42.5 Å². The summed E-state index contributed by atoms with van der Waals surface area (Å²) in [6, 6.07) is 17.8. The summed E-state index contributed by atoms with van der Waals surface area (Å²) in [5.41, 5.74) is 0.844. The van der Waals surface area contributed by atoms with E-state index in [0.717, 1.165) is 0 Å². The summed E-state index contributed by atoms with van der Waals surface area (Å²) < 4.78 is 0. The number of rotatable bonds is 2. The van der Waals surface area contributed by atoms with Crippen molar-refractivity contribution in [2.24, 2.45) is 0 Å². The van der Waals surface area contributed by atoms with Crippen LogP contribution in [0.3, 0.4) is 0 Å². The molecule has 0 unspecified atom stereocenters. The zero-order chi connectivity index (χ0) is 17.4. The number of hydrogen-bond donors (Lipinski definition) is 3. The Bertz CT molecular complexity index is 1180. The van der Waals surface area contributed by atoms with Crippen LogP contribution >= 0.6 is 0 Å². The van der Waals surface area contributed by atoms with Gasteiger partial charge in [-0.2, -0.15) is 5.10 Å². The SMILES string of the molecule is O=c1[nH]c2c(-c3ccccc3)n[nH]c(=O)c2c(O)c1-c1ccccc1. The van der Waals surface area contributed by atoms with E-state index >= 15 is 0 Å². The Hall–Kier alpha value is -3.67. The van der Waals surface area contributed by atoms with Crippen molar-refractivity contribution in [3.63, 3.8) is 0 Å². The molecule has 0 amide bonds. The first-order valence-corrected chi connectivity index (χ1v) is 7.65. The molecule has 0 bridgehead atoms. The Morgan fingerprint density at radius 3 is 2.04 bits per heavy atom. The van der Waals surface area contributed by atoms with Crippen LogP contribution in [0.25, 0.3) is 33.3 Å². The van der Waals surface area contributed by atoms with Crippen LogP contribution in [0.4, 0.5) is 0 Å². The number of aromatic nitrogens is 3. The summed E-state index contributed by atoms with van der Waals surface area (Å²) in [6.45, 7) is 0. The summed E-state index contributed by atoms with van der Waals surface area (Å²) in [6.07, 6.45) is 0. The maximum absolute atomic E-state index is 12.6. The first-order chi connectivity index (χ1) is 12.2. The van der Waals surface area contributed by atoms with E-state index in [1.807, 2.05) is 18.2 Å². The lowest BCUT2D eigenvalue weighted by atomic mass is 10.0. The van der Waals surface area contributed by atoms with Crippen LogP contribution in [-0.2, 0) is 0 Å². The quantitative estimate of drug-likeness (QED) is 0.526. The number of pyridine rings is 1. The van der Waals surface area contributed by atoms with Crippen molar-refractivity contribution in [3.8, 4) is 28.1 Å². The van der Waals surface area contributed by atoms with Gasteiger partial charge in [0.2, 0.25) is 0 Å². The molecule has 2 heterocycles. The van der Waals surface area contributed by atoms with Gasteiger partial charge in [0.25, 0.3) is 11.1 Å². The van der Waals surface area contributed by atoms with Crippen molar-refractivity contribution in [1.29, 1.82) is 0 Å². The minimum atomic E-state index is -0.569. The molecule has 2 aromatic heterocycles. The third-order valence-electron chi connectivity index (χ3n) is 4.03. The predicted octanol–water partition coefficient (Wildman–Crippen LogP) is 2.65. The van der Waals surface area contributed by atoms with Crippen LogP contribution in [0, 0.1) is 0 Å². The van der Waals surface area contributed by atoms with Crippen LogP contribution < -0.4 is 11.1 Å². The van der Waals surface area contributed by atoms with Gasteiger partial charge in [-0.1, -0.05) is 60.7 Å². The van der Waals surface area contributed by atoms with Crippen molar-refractivity contribution in [2.75, 3.05) is 0 Å². The molecule has 6 heteroatoms. The Kier molecular flexibility index (Phi) is 3.43. The highest BCUT2D eigenvalue weighted by Gasteiger charge is 2.19. The van der Waals surface area contributed by atoms with E-state index in [2.05, 4.69) is 15.2 Å². The van der Waals surface area contributed by atoms with Crippen LogP contribution in [0.2, 0.25) is 0 Å². The molecule has 0 spiro atoms. The predicted molar refractivity (Wildman–Crippen MR) is 95.5 cm³/mol. The molecule has 4 aromatic rings. The molecule has 0 aliphatic carbocycles. The molecule has 122 valence electrons. The number of benzene rings is 2. The van der Waals surface area contributed by atoms with Gasteiger partial charge in [0.05, 0.1) is 11.1 Å². The second-order valence-corrected chi connectivity index (χ2v) is 5.56. The molecule has 0 fully saturated rings. The molecule has 0 saturated heterocycles. The average Bonchev–Trinajstić information content (AvgIpc) is 2.63. The molecule has 0 atom stereocenters. The summed E-state index contributed by atoms with van der Waals surface area (Å²) in [5.74, 6) is -0.356. The van der Waals surface area contributed by atoms with E-state index in [9.17, 15) is 14.7 Å². The maximum Gasteiger partial charge on any atom is 0.277 e. The molecule has 3 N–H and O–H groups in total. The molecular formula is C19H13N3O3. The zero-order valence-corrected chi connectivity index (χ0v) is 13.0. The Morgan fingerprint density at radius 2 is 1.40 bits per heavy atom. The lowest BCUT2D eigenvalue weighted by Gasteiger charge is -2.09. The summed E-state index contributed by atoms with van der Waals surface area (Å²) in [4.78, 5) is 27.6. The average molecular weight is 331 g/mol. The summed E-state index contributed by atoms with van der Waals surface area (Å²) in [7, 11) is 0. The van der Waals surface area contributed by atoms with E-state index < -0.39 is 11.1 Å². The molecule has 4 rings (SSSR count). The van der Waals surface area contributed by atoms with Crippen molar-refractivity contribution in [3.05, 3.63) is 81.4 Å². The standard InChI is InChI=1S/C19H13N3O3/c23-17-13(11-7-3-1-4-8-11)18(24)20-16-14(17)19(25)22-21-15(16)12-9-5-2-6-10-12/h1-10H,(H,22,25)(H2,20,23,24). The van der Waals surface area contributed by atoms with Gasteiger partial charge in [-0.05, 0) is 5.56 Å². The Labute approximate surface area is 141 Å². The summed E-state index contributed by atoms with van der Waals surface area (Å²) in [5, 5.41) is 17.1. The van der Waals surface area contributed by atoms with E-state index in [1.165, 1.54) is 0 Å². The Balaban J connectivity index is 2.12. The van der Waals surface area contributed by atoms with E-state index in [0.29, 0.717) is 16.8 Å². The number of aromatic amines is 2. The Morgan fingerprint density at radius 1 is 0.800 bits per heavy atom. The fourth-order valence-corrected chi connectivity index (χ4v) is 2.88. The minimum Gasteiger partial charge on any atom is -0.506 e. The number of fused-ring (bicyclic) bond motifs is 1. The number of nitrogens with zero attached hydrogens (tertiary/aromatic N) is 1. The molecule has 0 aliphatic heterocycles. The lowest BCUT2D eigenvalue weighted by Crippen LogP contribution is -2.17. The molecule has 0 aliphatic rings. The number of H-pyrrole nitrogens is 2. The van der Waals surface area contributed by atoms with Crippen LogP contribution in [0.15, 0.2) is 70.3 Å². The van der Waals surface area contributed by atoms with Gasteiger partial charge in [0.1, 0.15) is 16.8 Å². The van der Waals surface area contributed by atoms with Gasteiger partial charge in [0, 0.05) is 5.56 Å². The first kappa shape index (κ1) is 14.9. The van der Waals surface area contributed by atoms with Gasteiger partial charge >= 0.3 is 0 Å². The summed E-state index contributed by atoms with van der Waals surface area (Å²) >= 11 is 0. The van der Waals surface area contributed by atoms with Crippen molar-refractivity contribution >= 4 is 10.9 Å². The van der Waals surface area contributed by atoms with Gasteiger partial charge in [-0.15, -0.1) is 0 Å². The largest absolute Gasteiger partial charge is 0.506 e. The highest BCUT2D eigenvalue weighted by atomic mass is 16.3. The second-order valence-electron chi connectivity index (χ2n) is 5.56. The van der Waals surface area contributed by atoms with Crippen LogP contribution in [-0.4, -0.2) is 20.3 Å².